The molecule has 0 spiro atoms. The molecule has 14 heavy (non-hydrogen) atoms. The molecule has 0 aliphatic carbocycles. The lowest BCUT2D eigenvalue weighted by molar-refractivity contribution is -0.158. The van der Waals surface area contributed by atoms with E-state index < -0.39 is 18.2 Å². The van der Waals surface area contributed by atoms with E-state index in [2.05, 4.69) is 17.9 Å². The van der Waals surface area contributed by atoms with Gasteiger partial charge in [0.25, 0.3) is 0 Å². The molecule has 0 aliphatic heterocycles. The van der Waals surface area contributed by atoms with E-state index in [0.29, 0.717) is 0 Å². The Balaban J connectivity index is 0. The minimum atomic E-state index is -1.04. The van der Waals surface area contributed by atoms with Gasteiger partial charge in [-0.05, 0) is 13.8 Å². The second-order valence-electron chi connectivity index (χ2n) is 2.33. The highest BCUT2D eigenvalue weighted by atomic mass is 16.6. The number of carbonyl (C=O) groups is 2. The largest absolute Gasteiger partial charge is 0.478 e. The molecule has 5 nitrogen and oxygen atoms in total. The minimum Gasteiger partial charge on any atom is -0.478 e. The summed E-state index contributed by atoms with van der Waals surface area (Å²) in [4.78, 5) is 19.7. The van der Waals surface area contributed by atoms with Gasteiger partial charge < -0.3 is 14.9 Å². The van der Waals surface area contributed by atoms with Gasteiger partial charge in [0.2, 0.25) is 0 Å². The maximum atomic E-state index is 10.1. The normalized spacial score (nSPS) is 10.2. The molecular formula is C9H14O5. The van der Waals surface area contributed by atoms with Crippen LogP contribution in [-0.2, 0) is 14.3 Å². The molecule has 0 saturated heterocycles. The number of aliphatic carboxylic acids is 1. The third-order valence-electron chi connectivity index (χ3n) is 0.818. The first-order valence-corrected chi connectivity index (χ1v) is 3.71. The molecule has 0 aliphatic rings. The van der Waals surface area contributed by atoms with Crippen molar-refractivity contribution in [3.8, 4) is 0 Å². The van der Waals surface area contributed by atoms with E-state index in [1.165, 1.54) is 13.8 Å². The average molecular weight is 202 g/mol. The van der Waals surface area contributed by atoms with Crippen molar-refractivity contribution in [2.45, 2.75) is 20.1 Å². The van der Waals surface area contributed by atoms with E-state index in [9.17, 15) is 9.59 Å². The van der Waals surface area contributed by atoms with Crippen LogP contribution in [0, 0.1) is 0 Å². The van der Waals surface area contributed by atoms with Gasteiger partial charge in [-0.3, -0.25) is 0 Å². The molecule has 0 rings (SSSR count). The van der Waals surface area contributed by atoms with Crippen molar-refractivity contribution in [2.24, 2.45) is 0 Å². The number of hydrogen-bond donors (Lipinski definition) is 2. The van der Waals surface area contributed by atoms with Crippen LogP contribution < -0.4 is 0 Å². The second-order valence-corrected chi connectivity index (χ2v) is 2.33. The van der Waals surface area contributed by atoms with E-state index in [0.717, 1.165) is 6.08 Å². The highest BCUT2D eigenvalue weighted by Gasteiger charge is 1.97. The molecule has 5 heteroatoms. The molecule has 0 fully saturated rings. The van der Waals surface area contributed by atoms with Gasteiger partial charge in [-0.25, -0.2) is 9.59 Å². The van der Waals surface area contributed by atoms with Crippen LogP contribution in [0.1, 0.15) is 13.8 Å². The van der Waals surface area contributed by atoms with Crippen molar-refractivity contribution in [1.82, 2.24) is 0 Å². The molecular weight excluding hydrogens is 188 g/mol. The Bertz CT molecular complexity index is 217. The highest BCUT2D eigenvalue weighted by Crippen LogP contribution is 1.84. The van der Waals surface area contributed by atoms with E-state index >= 15 is 0 Å². The van der Waals surface area contributed by atoms with Gasteiger partial charge in [-0.1, -0.05) is 13.2 Å². The van der Waals surface area contributed by atoms with Gasteiger partial charge in [-0.2, -0.15) is 0 Å². The number of ether oxygens (including phenoxy) is 1. The Kier molecular flexibility index (Phi) is 8.50. The Morgan fingerprint density at radius 3 is 1.93 bits per heavy atom. The molecule has 1 unspecified atom stereocenters. The summed E-state index contributed by atoms with van der Waals surface area (Å²) in [6.45, 7) is 9.08. The van der Waals surface area contributed by atoms with Crippen molar-refractivity contribution >= 4 is 11.9 Å². The lowest BCUT2D eigenvalue weighted by Crippen LogP contribution is -2.10. The fraction of sp³-hybridized carbons (Fsp3) is 0.333. The standard InChI is InChI=1S/C5H8O3.C4H6O2/c1-3-5(7)8-4(2)6;1-3(2)4(5)6/h3-4,6H,1H2,2H3;1H2,2H3,(H,5,6). The van der Waals surface area contributed by atoms with E-state index in [1.54, 1.807) is 0 Å². The Morgan fingerprint density at radius 1 is 1.50 bits per heavy atom. The lowest BCUT2D eigenvalue weighted by atomic mass is 10.4. The Labute approximate surface area is 82.3 Å². The molecule has 1 atom stereocenters. The van der Waals surface area contributed by atoms with Crippen LogP contribution in [0.25, 0.3) is 0 Å². The second kappa shape index (κ2) is 8.00. The maximum absolute atomic E-state index is 10.1. The number of rotatable bonds is 3. The summed E-state index contributed by atoms with van der Waals surface area (Å²) in [5.74, 6) is -1.55. The molecule has 0 radical (unpaired) electrons. The average Bonchev–Trinajstić information content (AvgIpc) is 2.04. The third-order valence-corrected chi connectivity index (χ3v) is 0.818. The van der Waals surface area contributed by atoms with Gasteiger partial charge in [-0.15, -0.1) is 0 Å². The zero-order valence-corrected chi connectivity index (χ0v) is 8.19. The van der Waals surface area contributed by atoms with Crippen LogP contribution in [-0.4, -0.2) is 28.4 Å². The first-order chi connectivity index (χ1) is 6.31. The number of esters is 1. The highest BCUT2D eigenvalue weighted by molar-refractivity contribution is 5.84. The summed E-state index contributed by atoms with van der Waals surface area (Å²) in [6, 6.07) is 0. The summed E-state index contributed by atoms with van der Waals surface area (Å²) < 4.78 is 4.20. The first kappa shape index (κ1) is 14.9. The molecule has 0 aromatic carbocycles. The van der Waals surface area contributed by atoms with Crippen LogP contribution in [0.4, 0.5) is 0 Å². The van der Waals surface area contributed by atoms with Crippen molar-refractivity contribution in [3.05, 3.63) is 24.8 Å². The van der Waals surface area contributed by atoms with E-state index in [1.807, 2.05) is 0 Å². The quantitative estimate of drug-likeness (QED) is 0.400. The van der Waals surface area contributed by atoms with E-state index in [4.69, 9.17) is 10.2 Å². The number of hydrogen-bond acceptors (Lipinski definition) is 4. The number of carboxylic acid groups (broad SMARTS) is 1. The van der Waals surface area contributed by atoms with Crippen molar-refractivity contribution in [3.63, 3.8) is 0 Å². The fourth-order valence-corrected chi connectivity index (χ4v) is 0.216. The van der Waals surface area contributed by atoms with Gasteiger partial charge in [0.05, 0.1) is 0 Å². The zero-order valence-electron chi connectivity index (χ0n) is 8.19. The molecule has 0 heterocycles. The Morgan fingerprint density at radius 2 is 1.86 bits per heavy atom. The SMILES string of the molecule is C=C(C)C(=O)O.C=CC(=O)OC(C)O. The molecule has 0 amide bonds. The monoisotopic (exact) mass is 202 g/mol. The van der Waals surface area contributed by atoms with Gasteiger partial charge >= 0.3 is 11.9 Å². The molecule has 0 bridgehead atoms. The number of aliphatic hydroxyl groups is 1. The van der Waals surface area contributed by atoms with Crippen LogP contribution in [0.3, 0.4) is 0 Å². The minimum absolute atomic E-state index is 0.176. The van der Waals surface area contributed by atoms with Gasteiger partial charge in [0, 0.05) is 11.6 Å². The maximum Gasteiger partial charge on any atom is 0.332 e. The van der Waals surface area contributed by atoms with Crippen LogP contribution in [0.5, 0.6) is 0 Å². The summed E-state index contributed by atoms with van der Waals surface area (Å²) in [6.07, 6.45) is -0.0484. The van der Waals surface area contributed by atoms with Crippen LogP contribution >= 0.6 is 0 Å². The van der Waals surface area contributed by atoms with Crippen molar-refractivity contribution in [2.75, 3.05) is 0 Å². The number of carbonyl (C=O) groups excluding carboxylic acids is 1. The van der Waals surface area contributed by atoms with Crippen LogP contribution in [0.2, 0.25) is 0 Å². The summed E-state index contributed by atoms with van der Waals surface area (Å²) in [7, 11) is 0. The number of carboxylic acids is 1. The van der Waals surface area contributed by atoms with Gasteiger partial charge in [0.1, 0.15) is 0 Å². The number of aliphatic hydroxyl groups excluding tert-OH is 1. The summed E-state index contributed by atoms with van der Waals surface area (Å²) in [5, 5.41) is 16.3. The first-order valence-electron chi connectivity index (χ1n) is 3.71. The fourth-order valence-electron chi connectivity index (χ4n) is 0.216. The predicted molar refractivity (Wildman–Crippen MR) is 50.4 cm³/mol. The smallest absolute Gasteiger partial charge is 0.332 e. The van der Waals surface area contributed by atoms with Gasteiger partial charge in [0.15, 0.2) is 6.29 Å². The molecule has 2 N–H and O–H groups in total. The molecule has 80 valence electrons. The topological polar surface area (TPSA) is 83.8 Å². The Hall–Kier alpha value is -1.62. The molecule has 0 saturated carbocycles. The van der Waals surface area contributed by atoms with Crippen molar-refractivity contribution in [1.29, 1.82) is 0 Å². The van der Waals surface area contributed by atoms with Crippen molar-refractivity contribution < 1.29 is 24.5 Å². The zero-order chi connectivity index (χ0) is 11.7. The lowest BCUT2D eigenvalue weighted by Gasteiger charge is -2.01. The van der Waals surface area contributed by atoms with Crippen LogP contribution in [0.15, 0.2) is 24.8 Å². The van der Waals surface area contributed by atoms with E-state index in [-0.39, 0.29) is 5.57 Å². The summed E-state index contributed by atoms with van der Waals surface area (Å²) in [5.41, 5.74) is 0.176. The molecule has 0 aromatic rings. The third kappa shape index (κ3) is 13.0. The molecule has 0 aromatic heterocycles. The predicted octanol–water partition coefficient (Wildman–Crippen LogP) is 0.701. The summed E-state index contributed by atoms with van der Waals surface area (Å²) >= 11 is 0.